The molecular weight excluding hydrogens is 216 g/mol. The first-order valence-electron chi connectivity index (χ1n) is 4.73. The highest BCUT2D eigenvalue weighted by Gasteiger charge is 2.19. The zero-order valence-corrected chi connectivity index (χ0v) is 8.92. The number of carbonyl (C=O) groups is 1. The smallest absolute Gasteiger partial charge is 0.313 e. The normalized spacial score (nSPS) is 20.7. The molecule has 82 valence electrons. The Kier molecular flexibility index (Phi) is 3.27. The number of thioether (sulfide) groups is 1. The van der Waals surface area contributed by atoms with Gasteiger partial charge in [-0.15, -0.1) is 0 Å². The van der Waals surface area contributed by atoms with Crippen molar-refractivity contribution < 1.29 is 14.6 Å². The standard InChI is InChI=1S/C9H12N2O3S/c12-8(13)5-15-9-10-3-7(11-9)6-1-2-14-4-6/h3,6H,1-2,4-5H2,(H,10,11)(H,12,13). The Bertz CT molecular complexity index is 347. The minimum Gasteiger partial charge on any atom is -0.481 e. The Morgan fingerprint density at radius 1 is 1.80 bits per heavy atom. The second-order valence-corrected chi connectivity index (χ2v) is 4.35. The molecule has 0 amide bonds. The Morgan fingerprint density at radius 2 is 2.67 bits per heavy atom. The van der Waals surface area contributed by atoms with Crippen molar-refractivity contribution in [1.82, 2.24) is 9.97 Å². The van der Waals surface area contributed by atoms with E-state index in [1.807, 2.05) is 0 Å². The molecule has 1 saturated heterocycles. The highest BCUT2D eigenvalue weighted by atomic mass is 32.2. The third-order valence-corrected chi connectivity index (χ3v) is 3.15. The van der Waals surface area contributed by atoms with Gasteiger partial charge in [-0.3, -0.25) is 4.79 Å². The maximum Gasteiger partial charge on any atom is 0.313 e. The average Bonchev–Trinajstić information content (AvgIpc) is 2.85. The first-order valence-corrected chi connectivity index (χ1v) is 5.71. The number of ether oxygens (including phenoxy) is 1. The lowest BCUT2D eigenvalue weighted by Crippen LogP contribution is -1.99. The van der Waals surface area contributed by atoms with Gasteiger partial charge in [0.05, 0.1) is 12.4 Å². The van der Waals surface area contributed by atoms with Gasteiger partial charge in [0.15, 0.2) is 5.16 Å². The minimum atomic E-state index is -0.831. The van der Waals surface area contributed by atoms with Crippen molar-refractivity contribution in [3.05, 3.63) is 11.9 Å². The molecule has 0 bridgehead atoms. The molecule has 0 saturated carbocycles. The van der Waals surface area contributed by atoms with Gasteiger partial charge in [-0.05, 0) is 6.42 Å². The molecule has 1 atom stereocenters. The highest BCUT2D eigenvalue weighted by molar-refractivity contribution is 7.99. The maximum atomic E-state index is 10.4. The number of aliphatic carboxylic acids is 1. The molecule has 0 radical (unpaired) electrons. The van der Waals surface area contributed by atoms with Crippen LogP contribution >= 0.6 is 11.8 Å². The topological polar surface area (TPSA) is 75.2 Å². The summed E-state index contributed by atoms with van der Waals surface area (Å²) in [7, 11) is 0. The van der Waals surface area contributed by atoms with E-state index >= 15 is 0 Å². The van der Waals surface area contributed by atoms with Crippen molar-refractivity contribution >= 4 is 17.7 Å². The number of carboxylic acids is 1. The SMILES string of the molecule is O=C(O)CSc1ncc(C2CCOC2)[nH]1. The van der Waals surface area contributed by atoms with Crippen LogP contribution in [-0.4, -0.2) is 40.0 Å². The van der Waals surface area contributed by atoms with Gasteiger partial charge in [-0.1, -0.05) is 11.8 Å². The van der Waals surface area contributed by atoms with E-state index < -0.39 is 5.97 Å². The summed E-state index contributed by atoms with van der Waals surface area (Å²) in [6.07, 6.45) is 2.77. The van der Waals surface area contributed by atoms with E-state index in [0.29, 0.717) is 11.1 Å². The first kappa shape index (κ1) is 10.5. The fourth-order valence-electron chi connectivity index (χ4n) is 1.51. The molecule has 1 aromatic heterocycles. The lowest BCUT2D eigenvalue weighted by molar-refractivity contribution is -0.133. The summed E-state index contributed by atoms with van der Waals surface area (Å²) in [4.78, 5) is 17.6. The minimum absolute atomic E-state index is 0.0358. The summed E-state index contributed by atoms with van der Waals surface area (Å²) in [6.45, 7) is 1.52. The van der Waals surface area contributed by atoms with Crippen LogP contribution in [0.25, 0.3) is 0 Å². The van der Waals surface area contributed by atoms with Crippen LogP contribution in [0, 0.1) is 0 Å². The second-order valence-electron chi connectivity index (χ2n) is 3.39. The van der Waals surface area contributed by atoms with Crippen LogP contribution in [0.15, 0.2) is 11.4 Å². The number of carboxylic acid groups (broad SMARTS) is 1. The molecule has 1 aliphatic rings. The molecule has 1 aromatic rings. The summed E-state index contributed by atoms with van der Waals surface area (Å²) in [6, 6.07) is 0. The Balaban J connectivity index is 1.94. The van der Waals surface area contributed by atoms with Crippen LogP contribution < -0.4 is 0 Å². The van der Waals surface area contributed by atoms with Crippen LogP contribution in [0.3, 0.4) is 0 Å². The van der Waals surface area contributed by atoms with Gasteiger partial charge in [0.25, 0.3) is 0 Å². The molecule has 2 heterocycles. The van der Waals surface area contributed by atoms with Crippen molar-refractivity contribution in [2.24, 2.45) is 0 Å². The number of aromatic nitrogens is 2. The van der Waals surface area contributed by atoms with E-state index in [1.54, 1.807) is 6.20 Å². The van der Waals surface area contributed by atoms with E-state index in [-0.39, 0.29) is 5.75 Å². The van der Waals surface area contributed by atoms with E-state index in [4.69, 9.17) is 9.84 Å². The quantitative estimate of drug-likeness (QED) is 0.754. The molecule has 1 aliphatic heterocycles. The molecular formula is C9H12N2O3S. The van der Waals surface area contributed by atoms with Crippen LogP contribution in [0.4, 0.5) is 0 Å². The predicted octanol–water partition coefficient (Wildman–Crippen LogP) is 1.09. The van der Waals surface area contributed by atoms with Gasteiger partial charge < -0.3 is 14.8 Å². The summed E-state index contributed by atoms with van der Waals surface area (Å²) >= 11 is 1.20. The van der Waals surface area contributed by atoms with Gasteiger partial charge in [0.2, 0.25) is 0 Å². The van der Waals surface area contributed by atoms with Crippen molar-refractivity contribution in [2.75, 3.05) is 19.0 Å². The third-order valence-electron chi connectivity index (χ3n) is 2.27. The monoisotopic (exact) mass is 228 g/mol. The fraction of sp³-hybridized carbons (Fsp3) is 0.556. The van der Waals surface area contributed by atoms with Crippen molar-refractivity contribution in [2.45, 2.75) is 17.5 Å². The molecule has 6 heteroatoms. The summed E-state index contributed by atoms with van der Waals surface area (Å²) in [5.41, 5.74) is 1.04. The van der Waals surface area contributed by atoms with Crippen LogP contribution in [0.5, 0.6) is 0 Å². The van der Waals surface area contributed by atoms with Gasteiger partial charge in [0.1, 0.15) is 0 Å². The summed E-state index contributed by atoms with van der Waals surface area (Å²) in [5, 5.41) is 9.18. The van der Waals surface area contributed by atoms with E-state index in [2.05, 4.69) is 9.97 Å². The van der Waals surface area contributed by atoms with E-state index in [0.717, 1.165) is 25.3 Å². The lowest BCUT2D eigenvalue weighted by atomic mass is 10.1. The van der Waals surface area contributed by atoms with E-state index in [1.165, 1.54) is 11.8 Å². The largest absolute Gasteiger partial charge is 0.481 e. The number of nitrogens with zero attached hydrogens (tertiary/aromatic N) is 1. The third kappa shape index (κ3) is 2.73. The molecule has 0 aliphatic carbocycles. The maximum absolute atomic E-state index is 10.4. The number of hydrogen-bond donors (Lipinski definition) is 2. The first-order chi connectivity index (χ1) is 7.25. The van der Waals surface area contributed by atoms with Crippen molar-refractivity contribution in [3.8, 4) is 0 Å². The van der Waals surface area contributed by atoms with Crippen LogP contribution in [0.2, 0.25) is 0 Å². The number of rotatable bonds is 4. The van der Waals surface area contributed by atoms with E-state index in [9.17, 15) is 4.79 Å². The lowest BCUT2D eigenvalue weighted by Gasteiger charge is -2.02. The Morgan fingerprint density at radius 3 is 3.33 bits per heavy atom. The van der Waals surface area contributed by atoms with Gasteiger partial charge in [-0.2, -0.15) is 0 Å². The molecule has 0 aromatic carbocycles. The average molecular weight is 228 g/mol. The molecule has 5 nitrogen and oxygen atoms in total. The zero-order chi connectivity index (χ0) is 10.7. The van der Waals surface area contributed by atoms with Crippen LogP contribution in [0.1, 0.15) is 18.0 Å². The summed E-state index contributed by atoms with van der Waals surface area (Å²) in [5.74, 6) is -0.410. The number of nitrogens with one attached hydrogen (secondary N) is 1. The predicted molar refractivity (Wildman–Crippen MR) is 55.1 cm³/mol. The molecule has 15 heavy (non-hydrogen) atoms. The highest BCUT2D eigenvalue weighted by Crippen LogP contribution is 2.25. The second kappa shape index (κ2) is 4.67. The number of hydrogen-bond acceptors (Lipinski definition) is 4. The Labute approximate surface area is 91.2 Å². The van der Waals surface area contributed by atoms with Gasteiger partial charge in [0, 0.05) is 24.4 Å². The molecule has 2 N–H and O–H groups in total. The molecule has 1 unspecified atom stereocenters. The molecule has 1 fully saturated rings. The summed E-state index contributed by atoms with van der Waals surface area (Å²) < 4.78 is 5.27. The number of imidazole rings is 1. The zero-order valence-electron chi connectivity index (χ0n) is 8.10. The number of H-pyrrole nitrogens is 1. The fourth-order valence-corrected chi connectivity index (χ4v) is 2.08. The Hall–Kier alpha value is -1.01. The van der Waals surface area contributed by atoms with Crippen LogP contribution in [-0.2, 0) is 9.53 Å². The number of aromatic amines is 1. The van der Waals surface area contributed by atoms with Gasteiger partial charge in [-0.25, -0.2) is 4.98 Å². The molecule has 0 spiro atoms. The van der Waals surface area contributed by atoms with Crippen molar-refractivity contribution in [3.63, 3.8) is 0 Å². The van der Waals surface area contributed by atoms with Gasteiger partial charge >= 0.3 is 5.97 Å². The molecule has 2 rings (SSSR count). The van der Waals surface area contributed by atoms with Crippen molar-refractivity contribution in [1.29, 1.82) is 0 Å².